The Kier molecular flexibility index (Phi) is 5.07. The van der Waals surface area contributed by atoms with Gasteiger partial charge in [-0.1, -0.05) is 6.07 Å². The van der Waals surface area contributed by atoms with Crippen LogP contribution < -0.4 is 10.8 Å². The van der Waals surface area contributed by atoms with E-state index in [-0.39, 0.29) is 16.7 Å². The van der Waals surface area contributed by atoms with E-state index in [4.69, 9.17) is 5.21 Å². The molecule has 9 heteroatoms. The van der Waals surface area contributed by atoms with Crippen LogP contribution in [0.3, 0.4) is 0 Å². The van der Waals surface area contributed by atoms with Crippen molar-refractivity contribution >= 4 is 17.5 Å². The van der Waals surface area contributed by atoms with Gasteiger partial charge in [-0.15, -0.1) is 0 Å². The Morgan fingerprint density at radius 1 is 1.08 bits per heavy atom. The molecule has 2 aromatic carbocycles. The highest BCUT2D eigenvalue weighted by atomic mass is 19.4. The molecular weight excluding hydrogens is 344 g/mol. The van der Waals surface area contributed by atoms with Gasteiger partial charge in [0.1, 0.15) is 5.82 Å². The van der Waals surface area contributed by atoms with Crippen LogP contribution in [0, 0.1) is 12.7 Å². The fraction of sp³-hybridized carbons (Fsp3) is 0.125. The van der Waals surface area contributed by atoms with Gasteiger partial charge in [0, 0.05) is 11.1 Å². The van der Waals surface area contributed by atoms with Crippen molar-refractivity contribution in [2.75, 3.05) is 5.32 Å². The Morgan fingerprint density at radius 2 is 1.76 bits per heavy atom. The Bertz CT molecular complexity index is 835. The van der Waals surface area contributed by atoms with Crippen LogP contribution in [0.25, 0.3) is 0 Å². The van der Waals surface area contributed by atoms with Gasteiger partial charge in [-0.3, -0.25) is 14.8 Å². The first-order valence-electron chi connectivity index (χ1n) is 6.86. The molecule has 0 saturated carbocycles. The second kappa shape index (κ2) is 6.89. The second-order valence-corrected chi connectivity index (χ2v) is 5.12. The number of carbonyl (C=O) groups is 2. The topological polar surface area (TPSA) is 78.4 Å². The monoisotopic (exact) mass is 356 g/mol. The van der Waals surface area contributed by atoms with Crippen LogP contribution in [0.5, 0.6) is 0 Å². The van der Waals surface area contributed by atoms with Crippen LogP contribution in [0.15, 0.2) is 36.4 Å². The quantitative estimate of drug-likeness (QED) is 0.447. The highest BCUT2D eigenvalue weighted by Crippen LogP contribution is 2.30. The number of hydrogen-bond acceptors (Lipinski definition) is 3. The van der Waals surface area contributed by atoms with Gasteiger partial charge in [0.15, 0.2) is 0 Å². The van der Waals surface area contributed by atoms with Crippen molar-refractivity contribution in [1.29, 1.82) is 0 Å². The molecule has 0 atom stereocenters. The summed E-state index contributed by atoms with van der Waals surface area (Å²) < 4.78 is 52.0. The van der Waals surface area contributed by atoms with E-state index in [1.165, 1.54) is 12.4 Å². The molecule has 2 rings (SSSR count). The van der Waals surface area contributed by atoms with Crippen molar-refractivity contribution in [2.24, 2.45) is 0 Å². The van der Waals surface area contributed by atoms with Crippen molar-refractivity contribution in [3.63, 3.8) is 0 Å². The SMILES string of the molecule is Cc1cc(F)c(NC(=O)c2cccc(C(F)(F)F)c2)cc1C(=O)NO. The number of amides is 2. The third kappa shape index (κ3) is 4.13. The Labute approximate surface area is 139 Å². The van der Waals surface area contributed by atoms with Gasteiger partial charge in [-0.05, 0) is 42.8 Å². The lowest BCUT2D eigenvalue weighted by atomic mass is 10.1. The molecule has 0 aliphatic heterocycles. The molecule has 0 aliphatic rings. The predicted molar refractivity (Wildman–Crippen MR) is 79.8 cm³/mol. The van der Waals surface area contributed by atoms with Gasteiger partial charge in [-0.2, -0.15) is 13.2 Å². The minimum absolute atomic E-state index is 0.108. The Balaban J connectivity index is 2.34. The smallest absolute Gasteiger partial charge is 0.319 e. The summed E-state index contributed by atoms with van der Waals surface area (Å²) in [7, 11) is 0. The highest BCUT2D eigenvalue weighted by molar-refractivity contribution is 6.05. The Hall–Kier alpha value is -2.94. The lowest BCUT2D eigenvalue weighted by molar-refractivity contribution is -0.137. The van der Waals surface area contributed by atoms with Crippen LogP contribution in [0.2, 0.25) is 0 Å². The maximum Gasteiger partial charge on any atom is 0.416 e. The number of alkyl halides is 3. The number of rotatable bonds is 3. The molecule has 0 unspecified atom stereocenters. The molecule has 0 fully saturated rings. The van der Waals surface area contributed by atoms with E-state index in [0.29, 0.717) is 6.07 Å². The van der Waals surface area contributed by atoms with E-state index in [2.05, 4.69) is 5.32 Å². The van der Waals surface area contributed by atoms with Crippen molar-refractivity contribution < 1.29 is 32.4 Å². The van der Waals surface area contributed by atoms with E-state index in [9.17, 15) is 27.2 Å². The van der Waals surface area contributed by atoms with Crippen LogP contribution >= 0.6 is 0 Å². The van der Waals surface area contributed by atoms with E-state index < -0.39 is 35.1 Å². The average molecular weight is 356 g/mol. The average Bonchev–Trinajstić information content (AvgIpc) is 2.55. The van der Waals surface area contributed by atoms with E-state index >= 15 is 0 Å². The zero-order valence-corrected chi connectivity index (χ0v) is 12.7. The molecule has 0 saturated heterocycles. The molecule has 0 aliphatic carbocycles. The predicted octanol–water partition coefficient (Wildman–Crippen LogP) is 3.52. The molecule has 3 N–H and O–H groups in total. The van der Waals surface area contributed by atoms with E-state index in [1.54, 1.807) is 0 Å². The highest BCUT2D eigenvalue weighted by Gasteiger charge is 2.31. The second-order valence-electron chi connectivity index (χ2n) is 5.12. The number of carbonyl (C=O) groups excluding carboxylic acids is 2. The zero-order valence-electron chi connectivity index (χ0n) is 12.7. The summed E-state index contributed by atoms with van der Waals surface area (Å²) in [5.41, 5.74) is -0.298. The normalized spacial score (nSPS) is 11.1. The molecule has 0 spiro atoms. The number of halogens is 4. The third-order valence-electron chi connectivity index (χ3n) is 3.36. The third-order valence-corrected chi connectivity index (χ3v) is 3.36. The van der Waals surface area contributed by atoms with Gasteiger partial charge in [0.05, 0.1) is 11.3 Å². The summed E-state index contributed by atoms with van der Waals surface area (Å²) in [6, 6.07) is 5.54. The number of anilines is 1. The fourth-order valence-electron chi connectivity index (χ4n) is 2.10. The molecule has 2 aromatic rings. The van der Waals surface area contributed by atoms with Crippen LogP contribution in [-0.2, 0) is 6.18 Å². The van der Waals surface area contributed by atoms with Gasteiger partial charge in [0.2, 0.25) is 0 Å². The summed E-state index contributed by atoms with van der Waals surface area (Å²) in [4.78, 5) is 23.6. The van der Waals surface area contributed by atoms with E-state index in [0.717, 1.165) is 30.3 Å². The van der Waals surface area contributed by atoms with E-state index in [1.807, 2.05) is 0 Å². The maximum absolute atomic E-state index is 14.0. The zero-order chi connectivity index (χ0) is 18.8. The molecule has 0 bridgehead atoms. The van der Waals surface area contributed by atoms with Crippen molar-refractivity contribution in [2.45, 2.75) is 13.1 Å². The summed E-state index contributed by atoms with van der Waals surface area (Å²) in [6.07, 6.45) is -4.63. The van der Waals surface area contributed by atoms with Crippen LogP contribution in [0.4, 0.5) is 23.2 Å². The van der Waals surface area contributed by atoms with Gasteiger partial charge < -0.3 is 5.32 Å². The fourth-order valence-corrected chi connectivity index (χ4v) is 2.10. The minimum Gasteiger partial charge on any atom is -0.319 e. The van der Waals surface area contributed by atoms with Crippen LogP contribution in [-0.4, -0.2) is 17.0 Å². The molecular formula is C16H12F4N2O3. The number of benzene rings is 2. The first kappa shape index (κ1) is 18.4. The largest absolute Gasteiger partial charge is 0.416 e. The molecule has 0 heterocycles. The summed E-state index contributed by atoms with van der Waals surface area (Å²) in [5, 5.41) is 10.8. The maximum atomic E-state index is 14.0. The van der Waals surface area contributed by atoms with Gasteiger partial charge in [-0.25, -0.2) is 9.87 Å². The lowest BCUT2D eigenvalue weighted by Crippen LogP contribution is -2.21. The number of aryl methyl sites for hydroxylation is 1. The molecule has 2 amide bonds. The van der Waals surface area contributed by atoms with Gasteiger partial charge >= 0.3 is 6.18 Å². The van der Waals surface area contributed by atoms with Crippen LogP contribution in [0.1, 0.15) is 31.8 Å². The molecule has 132 valence electrons. The summed E-state index contributed by atoms with van der Waals surface area (Å²) >= 11 is 0. The standard InChI is InChI=1S/C16H12F4N2O3/c1-8-5-12(17)13(7-11(8)15(24)22-25)21-14(23)9-3-2-4-10(6-9)16(18,19)20/h2-7,25H,1H3,(H,21,23)(H,22,24). The minimum atomic E-state index is -4.63. The van der Waals surface area contributed by atoms with Crippen molar-refractivity contribution in [3.8, 4) is 0 Å². The molecule has 25 heavy (non-hydrogen) atoms. The molecule has 0 aromatic heterocycles. The molecule has 0 radical (unpaired) electrons. The summed E-state index contributed by atoms with van der Waals surface area (Å²) in [5.74, 6) is -2.79. The van der Waals surface area contributed by atoms with Gasteiger partial charge in [0.25, 0.3) is 11.8 Å². The number of hydroxylamine groups is 1. The first-order valence-corrected chi connectivity index (χ1v) is 6.86. The first-order chi connectivity index (χ1) is 11.6. The lowest BCUT2D eigenvalue weighted by Gasteiger charge is -2.12. The molecule has 5 nitrogen and oxygen atoms in total. The number of hydrogen-bond donors (Lipinski definition) is 3. The van der Waals surface area contributed by atoms with Crippen molar-refractivity contribution in [3.05, 3.63) is 64.5 Å². The summed E-state index contributed by atoms with van der Waals surface area (Å²) in [6.45, 7) is 1.41. The number of nitrogens with one attached hydrogen (secondary N) is 2. The Morgan fingerprint density at radius 3 is 2.36 bits per heavy atom. The van der Waals surface area contributed by atoms with Crippen molar-refractivity contribution in [1.82, 2.24) is 5.48 Å².